The number of aromatic amines is 1. The second-order valence-electron chi connectivity index (χ2n) is 3.70. The van der Waals surface area contributed by atoms with E-state index in [1.807, 2.05) is 0 Å². The van der Waals surface area contributed by atoms with Gasteiger partial charge in [-0.25, -0.2) is 4.79 Å². The molecule has 19 heavy (non-hydrogen) atoms. The van der Waals surface area contributed by atoms with Gasteiger partial charge in [-0.15, -0.1) is 11.3 Å². The molecule has 0 aliphatic rings. The van der Waals surface area contributed by atoms with E-state index in [9.17, 15) is 14.4 Å². The number of rotatable bonds is 4. The lowest BCUT2D eigenvalue weighted by atomic mass is 10.2. The van der Waals surface area contributed by atoms with Crippen LogP contribution in [0.25, 0.3) is 0 Å². The topological polar surface area (TPSA) is 99.3 Å². The van der Waals surface area contributed by atoms with Crippen molar-refractivity contribution in [1.82, 2.24) is 10.3 Å². The minimum absolute atomic E-state index is 0.117. The molecule has 2 rings (SSSR count). The first kappa shape index (κ1) is 13.0. The molecule has 1 unspecified atom stereocenters. The quantitative estimate of drug-likeness (QED) is 0.776. The molecule has 0 aliphatic carbocycles. The van der Waals surface area contributed by atoms with Crippen molar-refractivity contribution in [2.75, 3.05) is 0 Å². The molecule has 0 aromatic carbocycles. The van der Waals surface area contributed by atoms with Crippen molar-refractivity contribution in [1.29, 1.82) is 0 Å². The Bertz CT molecular complexity index is 648. The number of aromatic nitrogens is 1. The average molecular weight is 278 g/mol. The van der Waals surface area contributed by atoms with Crippen molar-refractivity contribution in [3.63, 3.8) is 0 Å². The van der Waals surface area contributed by atoms with Crippen LogP contribution in [-0.4, -0.2) is 22.0 Å². The summed E-state index contributed by atoms with van der Waals surface area (Å²) >= 11 is 1.24. The Hall–Kier alpha value is -2.41. The average Bonchev–Trinajstić information content (AvgIpc) is 2.88. The molecule has 98 valence electrons. The number of carbonyl (C=O) groups excluding carboxylic acids is 1. The lowest BCUT2D eigenvalue weighted by Gasteiger charge is -2.12. The number of carbonyl (C=O) groups is 2. The maximum Gasteiger partial charge on any atom is 0.331 e. The van der Waals surface area contributed by atoms with E-state index in [-0.39, 0.29) is 5.56 Å². The van der Waals surface area contributed by atoms with E-state index in [0.717, 1.165) is 6.07 Å². The van der Waals surface area contributed by atoms with Crippen molar-refractivity contribution >= 4 is 23.2 Å². The number of nitrogens with one attached hydrogen (secondary N) is 2. The maximum absolute atomic E-state index is 11.9. The number of hydrogen-bond acceptors (Lipinski definition) is 4. The van der Waals surface area contributed by atoms with Crippen LogP contribution in [0, 0.1) is 0 Å². The molecule has 2 aromatic rings. The molecular formula is C12H10N2O4S. The van der Waals surface area contributed by atoms with E-state index >= 15 is 0 Å². The van der Waals surface area contributed by atoms with Crippen LogP contribution in [0.4, 0.5) is 0 Å². The molecule has 2 heterocycles. The van der Waals surface area contributed by atoms with Gasteiger partial charge >= 0.3 is 5.97 Å². The number of amides is 1. The van der Waals surface area contributed by atoms with Gasteiger partial charge in [0.05, 0.1) is 0 Å². The fraction of sp³-hybridized carbons (Fsp3) is 0.0833. The zero-order valence-corrected chi connectivity index (χ0v) is 10.4. The zero-order valence-electron chi connectivity index (χ0n) is 9.62. The summed E-state index contributed by atoms with van der Waals surface area (Å²) in [6, 6.07) is 4.73. The Morgan fingerprint density at radius 2 is 2.16 bits per heavy atom. The SMILES string of the molecule is O=C(NC(C(=O)O)c1cccs1)c1cc[nH]c(=O)c1. The summed E-state index contributed by atoms with van der Waals surface area (Å²) in [7, 11) is 0. The Kier molecular flexibility index (Phi) is 3.76. The highest BCUT2D eigenvalue weighted by Crippen LogP contribution is 2.19. The van der Waals surface area contributed by atoms with Gasteiger partial charge in [0.25, 0.3) is 5.91 Å². The summed E-state index contributed by atoms with van der Waals surface area (Å²) in [5, 5.41) is 13.2. The van der Waals surface area contributed by atoms with Crippen LogP contribution in [0.5, 0.6) is 0 Å². The lowest BCUT2D eigenvalue weighted by Crippen LogP contribution is -2.33. The predicted molar refractivity (Wildman–Crippen MR) is 69.2 cm³/mol. The Morgan fingerprint density at radius 3 is 2.74 bits per heavy atom. The Balaban J connectivity index is 2.21. The molecule has 0 radical (unpaired) electrons. The molecule has 0 spiro atoms. The second-order valence-corrected chi connectivity index (χ2v) is 4.68. The van der Waals surface area contributed by atoms with Gasteiger partial charge in [0, 0.05) is 22.7 Å². The van der Waals surface area contributed by atoms with E-state index in [1.165, 1.54) is 23.6 Å². The van der Waals surface area contributed by atoms with E-state index in [2.05, 4.69) is 10.3 Å². The fourth-order valence-corrected chi connectivity index (χ4v) is 2.28. The molecule has 0 saturated carbocycles. The monoisotopic (exact) mass is 278 g/mol. The largest absolute Gasteiger partial charge is 0.479 e. The summed E-state index contributed by atoms with van der Waals surface area (Å²) in [4.78, 5) is 37.0. The second kappa shape index (κ2) is 5.49. The normalized spacial score (nSPS) is 11.8. The molecule has 1 atom stereocenters. The minimum atomic E-state index is -1.15. The molecule has 0 bridgehead atoms. The number of carboxylic acid groups (broad SMARTS) is 1. The van der Waals surface area contributed by atoms with Crippen LogP contribution in [0.3, 0.4) is 0 Å². The number of pyridine rings is 1. The Morgan fingerprint density at radius 1 is 1.37 bits per heavy atom. The van der Waals surface area contributed by atoms with Crippen molar-refractivity contribution in [3.8, 4) is 0 Å². The van der Waals surface area contributed by atoms with E-state index < -0.39 is 23.5 Å². The van der Waals surface area contributed by atoms with Crippen molar-refractivity contribution in [2.24, 2.45) is 0 Å². The van der Waals surface area contributed by atoms with Gasteiger partial charge in [-0.3, -0.25) is 9.59 Å². The van der Waals surface area contributed by atoms with Crippen molar-refractivity contribution < 1.29 is 14.7 Å². The third-order valence-electron chi connectivity index (χ3n) is 2.39. The fourth-order valence-electron chi connectivity index (χ4n) is 1.51. The summed E-state index contributed by atoms with van der Waals surface area (Å²) in [5.41, 5.74) is -0.304. The molecule has 2 aromatic heterocycles. The van der Waals surface area contributed by atoms with Gasteiger partial charge in [-0.05, 0) is 17.5 Å². The number of hydrogen-bond donors (Lipinski definition) is 3. The third kappa shape index (κ3) is 3.08. The molecule has 7 heteroatoms. The number of carboxylic acids is 1. The van der Waals surface area contributed by atoms with Gasteiger partial charge < -0.3 is 15.4 Å². The minimum Gasteiger partial charge on any atom is -0.479 e. The molecule has 1 amide bonds. The van der Waals surface area contributed by atoms with Crippen LogP contribution in [0.2, 0.25) is 0 Å². The van der Waals surface area contributed by atoms with Crippen LogP contribution in [0.15, 0.2) is 40.6 Å². The highest BCUT2D eigenvalue weighted by Gasteiger charge is 2.23. The van der Waals surface area contributed by atoms with Crippen molar-refractivity contribution in [3.05, 3.63) is 56.6 Å². The Labute approximate surface area is 111 Å². The lowest BCUT2D eigenvalue weighted by molar-refractivity contribution is -0.139. The first-order valence-corrected chi connectivity index (χ1v) is 6.21. The number of H-pyrrole nitrogens is 1. The van der Waals surface area contributed by atoms with E-state index in [4.69, 9.17) is 5.11 Å². The third-order valence-corrected chi connectivity index (χ3v) is 3.32. The highest BCUT2D eigenvalue weighted by atomic mass is 32.1. The highest BCUT2D eigenvalue weighted by molar-refractivity contribution is 7.10. The van der Waals surface area contributed by atoms with E-state index in [0.29, 0.717) is 4.88 Å². The predicted octanol–water partition coefficient (Wildman–Crippen LogP) is 0.992. The molecular weight excluding hydrogens is 268 g/mol. The van der Waals surface area contributed by atoms with Gasteiger partial charge in [0.1, 0.15) is 0 Å². The first-order valence-electron chi connectivity index (χ1n) is 5.34. The number of aliphatic carboxylic acids is 1. The van der Waals surface area contributed by atoms with E-state index in [1.54, 1.807) is 17.5 Å². The van der Waals surface area contributed by atoms with Crippen LogP contribution < -0.4 is 10.9 Å². The van der Waals surface area contributed by atoms with Gasteiger partial charge in [-0.2, -0.15) is 0 Å². The number of thiophene rings is 1. The summed E-state index contributed by atoms with van der Waals surface area (Å²) in [6.07, 6.45) is 1.33. The zero-order chi connectivity index (χ0) is 13.8. The molecule has 6 nitrogen and oxygen atoms in total. The molecule has 0 saturated heterocycles. The van der Waals surface area contributed by atoms with Gasteiger partial charge in [0.2, 0.25) is 5.56 Å². The summed E-state index contributed by atoms with van der Waals surface area (Å²) < 4.78 is 0. The summed E-state index contributed by atoms with van der Waals surface area (Å²) in [5.74, 6) is -1.76. The molecule has 0 aliphatic heterocycles. The summed E-state index contributed by atoms with van der Waals surface area (Å²) in [6.45, 7) is 0. The van der Waals surface area contributed by atoms with Gasteiger partial charge in [-0.1, -0.05) is 6.07 Å². The van der Waals surface area contributed by atoms with Crippen LogP contribution >= 0.6 is 11.3 Å². The van der Waals surface area contributed by atoms with Gasteiger partial charge in [0.15, 0.2) is 6.04 Å². The smallest absolute Gasteiger partial charge is 0.331 e. The molecule has 0 fully saturated rings. The first-order chi connectivity index (χ1) is 9.08. The standard InChI is InChI=1S/C12H10N2O4S/c15-9-6-7(3-4-13-9)11(16)14-10(12(17)18)8-2-1-5-19-8/h1-6,10H,(H,13,15)(H,14,16)(H,17,18). The molecule has 3 N–H and O–H groups in total. The maximum atomic E-state index is 11.9. The van der Waals surface area contributed by atoms with Crippen LogP contribution in [-0.2, 0) is 4.79 Å². The van der Waals surface area contributed by atoms with Crippen molar-refractivity contribution in [2.45, 2.75) is 6.04 Å². The van der Waals surface area contributed by atoms with Crippen LogP contribution in [0.1, 0.15) is 21.3 Å².